The lowest BCUT2D eigenvalue weighted by Gasteiger charge is -2.36. The van der Waals surface area contributed by atoms with Crippen LogP contribution in [0, 0.1) is 20.8 Å². The summed E-state index contributed by atoms with van der Waals surface area (Å²) < 4.78 is 0. The number of aliphatic hydroxyl groups is 1. The molecule has 1 unspecified atom stereocenters. The van der Waals surface area contributed by atoms with Gasteiger partial charge in [-0.15, -0.1) is 0 Å². The summed E-state index contributed by atoms with van der Waals surface area (Å²) in [6.45, 7) is 5.55. The van der Waals surface area contributed by atoms with Crippen LogP contribution in [-0.2, 0) is 14.4 Å². The maximum Gasteiger partial charge on any atom is 0.300 e. The Kier molecular flexibility index (Phi) is 5.65. The van der Waals surface area contributed by atoms with Crippen LogP contribution in [0.4, 0.5) is 11.4 Å². The Hall–Kier alpha value is -5.56. The first-order valence-corrected chi connectivity index (χ1v) is 13.9. The van der Waals surface area contributed by atoms with Crippen LogP contribution in [0.1, 0.15) is 38.2 Å². The zero-order valence-electron chi connectivity index (χ0n) is 23.7. The third-order valence-corrected chi connectivity index (χ3v) is 8.49. The van der Waals surface area contributed by atoms with Crippen molar-refractivity contribution >= 4 is 46.2 Å². The van der Waals surface area contributed by atoms with Gasteiger partial charge >= 0.3 is 5.91 Å². The van der Waals surface area contributed by atoms with E-state index in [4.69, 9.17) is 0 Å². The molecular weight excluding hydrogens is 540 g/mol. The van der Waals surface area contributed by atoms with Gasteiger partial charge in [0.15, 0.2) is 11.3 Å². The number of hydrogen-bond donors (Lipinski definition) is 1. The number of carbonyl (C=O) groups excluding carboxylic acids is 4. The molecule has 0 saturated carbocycles. The van der Waals surface area contributed by atoms with Crippen LogP contribution in [0.25, 0.3) is 11.5 Å². The molecule has 1 atom stereocenters. The van der Waals surface area contributed by atoms with Gasteiger partial charge in [-0.25, -0.2) is 0 Å². The molecule has 1 fully saturated rings. The summed E-state index contributed by atoms with van der Waals surface area (Å²) >= 11 is 0. The molecule has 1 aliphatic carbocycles. The molecule has 4 aromatic carbocycles. The molecule has 0 radical (unpaired) electrons. The number of ketones is 2. The highest BCUT2D eigenvalue weighted by atomic mass is 16.3. The number of para-hydroxylation sites is 1. The number of aliphatic hydroxyl groups excluding tert-OH is 1. The highest BCUT2D eigenvalue weighted by molar-refractivity contribution is 6.58. The fraction of sp³-hybridized carbons (Fsp3) is 0.111. The molecule has 7 nitrogen and oxygen atoms in total. The van der Waals surface area contributed by atoms with E-state index in [1.165, 1.54) is 4.90 Å². The predicted octanol–water partition coefficient (Wildman–Crippen LogP) is 5.89. The number of carbonyl (C=O) groups is 4. The Morgan fingerprint density at radius 3 is 1.98 bits per heavy atom. The first-order valence-electron chi connectivity index (χ1n) is 13.9. The van der Waals surface area contributed by atoms with Crippen LogP contribution >= 0.6 is 0 Å². The van der Waals surface area contributed by atoms with Crippen LogP contribution in [0.5, 0.6) is 0 Å². The Labute approximate surface area is 248 Å². The normalized spacial score (nSPS) is 20.4. The number of benzene rings is 4. The second kappa shape index (κ2) is 9.22. The second-order valence-corrected chi connectivity index (χ2v) is 11.1. The predicted molar refractivity (Wildman–Crippen MR) is 163 cm³/mol. The summed E-state index contributed by atoms with van der Waals surface area (Å²) in [4.78, 5) is 60.4. The molecule has 1 N–H and O–H groups in total. The van der Waals surface area contributed by atoms with Crippen molar-refractivity contribution in [3.05, 3.63) is 142 Å². The highest BCUT2D eigenvalue weighted by Gasteiger charge is 2.71. The van der Waals surface area contributed by atoms with E-state index in [0.29, 0.717) is 33.6 Å². The quantitative estimate of drug-likeness (QED) is 0.190. The number of anilines is 2. The van der Waals surface area contributed by atoms with Gasteiger partial charge in [0.2, 0.25) is 0 Å². The maximum atomic E-state index is 15.2. The smallest absolute Gasteiger partial charge is 0.300 e. The lowest BCUT2D eigenvalue weighted by molar-refractivity contribution is -0.132. The minimum absolute atomic E-state index is 0.0337. The fourth-order valence-corrected chi connectivity index (χ4v) is 6.60. The fourth-order valence-electron chi connectivity index (χ4n) is 6.60. The zero-order chi connectivity index (χ0) is 30.2. The van der Waals surface area contributed by atoms with E-state index < -0.39 is 40.3 Å². The third kappa shape index (κ3) is 3.42. The van der Waals surface area contributed by atoms with E-state index in [1.807, 2.05) is 19.9 Å². The third-order valence-electron chi connectivity index (χ3n) is 8.49. The molecule has 210 valence electrons. The summed E-state index contributed by atoms with van der Waals surface area (Å²) in [6, 6.07) is 27.8. The Balaban J connectivity index is 1.64. The lowest BCUT2D eigenvalue weighted by atomic mass is 9.79. The van der Waals surface area contributed by atoms with Gasteiger partial charge in [-0.3, -0.25) is 29.0 Å². The van der Waals surface area contributed by atoms with Gasteiger partial charge < -0.3 is 5.11 Å². The summed E-state index contributed by atoms with van der Waals surface area (Å²) in [7, 11) is 0. The maximum absolute atomic E-state index is 15.2. The van der Waals surface area contributed by atoms with Gasteiger partial charge in [0, 0.05) is 28.1 Å². The monoisotopic (exact) mass is 566 g/mol. The van der Waals surface area contributed by atoms with Gasteiger partial charge in [-0.05, 0) is 50.6 Å². The molecule has 43 heavy (non-hydrogen) atoms. The van der Waals surface area contributed by atoms with E-state index in [0.717, 1.165) is 16.0 Å². The largest absolute Gasteiger partial charge is 0.507 e. The molecule has 0 aromatic heterocycles. The molecule has 2 aliphatic heterocycles. The van der Waals surface area contributed by atoms with Gasteiger partial charge in [-0.1, -0.05) is 83.9 Å². The molecule has 2 heterocycles. The van der Waals surface area contributed by atoms with Crippen molar-refractivity contribution in [2.24, 2.45) is 0 Å². The number of amides is 2. The van der Waals surface area contributed by atoms with Crippen molar-refractivity contribution in [2.75, 3.05) is 9.80 Å². The topological polar surface area (TPSA) is 95.0 Å². The number of rotatable bonds is 3. The van der Waals surface area contributed by atoms with Crippen LogP contribution in [-0.4, -0.2) is 34.0 Å². The SMILES string of the molecule is Cc1ccc(N2C(=O)C(=O)/C(=C(/O)c3ccc(C)cc3C)C23C(=O)N(c2ccccc2)C2=C3C(=O)c3ccccc32)cc1. The zero-order valence-corrected chi connectivity index (χ0v) is 23.7. The molecule has 0 bridgehead atoms. The van der Waals surface area contributed by atoms with E-state index in [2.05, 4.69) is 0 Å². The molecule has 1 saturated heterocycles. The van der Waals surface area contributed by atoms with Crippen molar-refractivity contribution in [3.63, 3.8) is 0 Å². The molecular formula is C36H26N2O5. The number of hydrogen-bond acceptors (Lipinski definition) is 5. The lowest BCUT2D eigenvalue weighted by Crippen LogP contribution is -2.57. The molecule has 3 aliphatic rings. The summed E-state index contributed by atoms with van der Waals surface area (Å²) in [6.07, 6.45) is 0. The van der Waals surface area contributed by atoms with Crippen molar-refractivity contribution in [3.8, 4) is 0 Å². The molecule has 7 heteroatoms. The Bertz CT molecular complexity index is 1990. The van der Waals surface area contributed by atoms with Crippen LogP contribution in [0.15, 0.2) is 108 Å². The van der Waals surface area contributed by atoms with E-state index in [1.54, 1.807) is 97.9 Å². The number of fused-ring (bicyclic) bond motifs is 3. The van der Waals surface area contributed by atoms with Crippen molar-refractivity contribution in [1.82, 2.24) is 0 Å². The van der Waals surface area contributed by atoms with Crippen LogP contribution < -0.4 is 9.80 Å². The van der Waals surface area contributed by atoms with Gasteiger partial charge in [0.05, 0.1) is 16.8 Å². The average Bonchev–Trinajstić information content (AvgIpc) is 3.53. The molecule has 1 spiro atoms. The minimum atomic E-state index is -2.26. The van der Waals surface area contributed by atoms with Crippen molar-refractivity contribution in [2.45, 2.75) is 26.3 Å². The van der Waals surface area contributed by atoms with Crippen molar-refractivity contribution < 1.29 is 24.3 Å². The summed E-state index contributed by atoms with van der Waals surface area (Å²) in [5.41, 5.74) is 1.93. The van der Waals surface area contributed by atoms with Gasteiger partial charge in [-0.2, -0.15) is 0 Å². The van der Waals surface area contributed by atoms with Crippen LogP contribution in [0.3, 0.4) is 0 Å². The summed E-state index contributed by atoms with van der Waals surface area (Å²) in [5, 5.41) is 12.0. The molecule has 4 aromatic rings. The van der Waals surface area contributed by atoms with Gasteiger partial charge in [0.25, 0.3) is 11.7 Å². The van der Waals surface area contributed by atoms with Crippen molar-refractivity contribution in [1.29, 1.82) is 0 Å². The van der Waals surface area contributed by atoms with Crippen LogP contribution in [0.2, 0.25) is 0 Å². The molecule has 7 rings (SSSR count). The first kappa shape index (κ1) is 26.3. The molecule has 2 amide bonds. The number of Topliss-reactive ketones (excluding diaryl/α,β-unsaturated/α-hetero) is 2. The van der Waals surface area contributed by atoms with E-state index >= 15 is 4.79 Å². The first-order chi connectivity index (χ1) is 20.7. The highest BCUT2D eigenvalue weighted by Crippen LogP contribution is 2.57. The summed E-state index contributed by atoms with van der Waals surface area (Å²) in [5.74, 6) is -3.74. The number of aryl methyl sites for hydroxylation is 3. The Morgan fingerprint density at radius 1 is 0.674 bits per heavy atom. The Morgan fingerprint density at radius 2 is 1.30 bits per heavy atom. The van der Waals surface area contributed by atoms with E-state index in [-0.39, 0.29) is 11.3 Å². The van der Waals surface area contributed by atoms with E-state index in [9.17, 15) is 19.5 Å². The number of nitrogens with zero attached hydrogens (tertiary/aromatic N) is 2. The standard InChI is InChI=1S/C36H26N2O5/c1-20-13-16-24(17-14-20)38-34(42)33(41)29(31(39)25-18-15-21(2)19-22(25)3)36(38)28-30(26-11-7-8-12-27(26)32(28)40)37(35(36)43)23-9-5-4-6-10-23/h4-19,39H,1-3H3/b31-29-. The minimum Gasteiger partial charge on any atom is -0.507 e. The second-order valence-electron chi connectivity index (χ2n) is 11.1. The van der Waals surface area contributed by atoms with Gasteiger partial charge in [0.1, 0.15) is 5.76 Å². The average molecular weight is 567 g/mol.